The van der Waals surface area contributed by atoms with Crippen molar-refractivity contribution in [3.63, 3.8) is 0 Å². The van der Waals surface area contributed by atoms with Gasteiger partial charge in [-0.15, -0.1) is 0 Å². The molecule has 3 rings (SSSR count). The number of rotatable bonds is 3. The number of aromatic nitrogens is 3. The fourth-order valence-electron chi connectivity index (χ4n) is 2.05. The lowest BCUT2D eigenvalue weighted by atomic mass is 10.1. The van der Waals surface area contributed by atoms with Gasteiger partial charge in [0.2, 0.25) is 0 Å². The van der Waals surface area contributed by atoms with Gasteiger partial charge in [0.1, 0.15) is 5.52 Å². The maximum atomic E-state index is 11.0. The molecule has 1 N–H and O–H groups in total. The largest absolute Gasteiger partial charge is 0.476 e. The van der Waals surface area contributed by atoms with Crippen molar-refractivity contribution in [2.45, 2.75) is 0 Å². The van der Waals surface area contributed by atoms with E-state index in [9.17, 15) is 4.79 Å². The number of carboxylic acid groups (broad SMARTS) is 1. The first-order valence-corrected chi connectivity index (χ1v) is 5.81. The lowest BCUT2D eigenvalue weighted by molar-refractivity contribution is 0.0689. The van der Waals surface area contributed by atoms with E-state index in [-0.39, 0.29) is 11.8 Å². The van der Waals surface area contributed by atoms with Crippen molar-refractivity contribution in [1.29, 1.82) is 0 Å². The van der Waals surface area contributed by atoms with Crippen LogP contribution in [0.5, 0.6) is 6.08 Å². The van der Waals surface area contributed by atoms with Crippen LogP contribution in [0.4, 0.5) is 0 Å². The molecule has 0 saturated heterocycles. The summed E-state index contributed by atoms with van der Waals surface area (Å²) in [5.74, 6) is -1.07. The summed E-state index contributed by atoms with van der Waals surface area (Å²) in [6.07, 6.45) is 0.160. The maximum Gasteiger partial charge on any atom is 0.394 e. The Kier molecular flexibility index (Phi) is 2.67. The first kappa shape index (κ1) is 12.2. The summed E-state index contributed by atoms with van der Waals surface area (Å²) < 4.78 is 11.9. The molecule has 0 spiro atoms. The number of hydrogen-bond acceptors (Lipinski definition) is 5. The normalized spacial score (nSPS) is 10.9. The number of carbonyl (C=O) groups is 1. The van der Waals surface area contributed by atoms with Gasteiger partial charge in [-0.25, -0.2) is 4.79 Å². The van der Waals surface area contributed by atoms with E-state index in [0.29, 0.717) is 16.8 Å². The average Bonchev–Trinajstić information content (AvgIpc) is 3.01. The van der Waals surface area contributed by atoms with Crippen LogP contribution < -0.4 is 4.74 Å². The second-order valence-corrected chi connectivity index (χ2v) is 4.18. The van der Waals surface area contributed by atoms with Crippen molar-refractivity contribution in [1.82, 2.24) is 14.8 Å². The number of ether oxygens (including phenoxy) is 1. The van der Waals surface area contributed by atoms with E-state index in [1.807, 2.05) is 6.07 Å². The van der Waals surface area contributed by atoms with Crippen LogP contribution in [0.3, 0.4) is 0 Å². The molecular weight excluding hydrogens is 262 g/mol. The van der Waals surface area contributed by atoms with Crippen molar-refractivity contribution in [2.75, 3.05) is 7.11 Å². The van der Waals surface area contributed by atoms with Gasteiger partial charge >= 0.3 is 12.0 Å². The van der Waals surface area contributed by atoms with Crippen LogP contribution in [0, 0.1) is 0 Å². The van der Waals surface area contributed by atoms with E-state index in [0.717, 1.165) is 5.56 Å². The van der Waals surface area contributed by atoms with Crippen molar-refractivity contribution in [3.8, 4) is 17.3 Å². The SMILES string of the molecule is COc1nc2c(-c3cc(C(=O)O)nn3C)cccc2o1. The van der Waals surface area contributed by atoms with Crippen LogP contribution in [0.25, 0.3) is 22.4 Å². The van der Waals surface area contributed by atoms with Crippen LogP contribution >= 0.6 is 0 Å². The molecule has 102 valence electrons. The summed E-state index contributed by atoms with van der Waals surface area (Å²) in [7, 11) is 3.15. The molecule has 0 atom stereocenters. The molecule has 0 unspecified atom stereocenters. The van der Waals surface area contributed by atoms with Gasteiger partial charge in [0.05, 0.1) is 12.8 Å². The molecule has 20 heavy (non-hydrogen) atoms. The number of methoxy groups -OCH3 is 1. The average molecular weight is 273 g/mol. The quantitative estimate of drug-likeness (QED) is 0.784. The van der Waals surface area contributed by atoms with Gasteiger partial charge in [0, 0.05) is 12.6 Å². The molecular formula is C13H11N3O4. The van der Waals surface area contributed by atoms with E-state index in [4.69, 9.17) is 14.3 Å². The molecule has 2 heterocycles. The number of aryl methyl sites for hydroxylation is 1. The van der Waals surface area contributed by atoms with Crippen LogP contribution in [-0.4, -0.2) is 33.0 Å². The summed E-state index contributed by atoms with van der Waals surface area (Å²) in [6.45, 7) is 0. The molecule has 1 aromatic carbocycles. The fourth-order valence-corrected chi connectivity index (χ4v) is 2.05. The molecule has 0 aliphatic carbocycles. The van der Waals surface area contributed by atoms with Crippen molar-refractivity contribution < 1.29 is 19.1 Å². The molecule has 0 amide bonds. The second-order valence-electron chi connectivity index (χ2n) is 4.18. The molecule has 2 aromatic heterocycles. The highest BCUT2D eigenvalue weighted by Crippen LogP contribution is 2.30. The number of fused-ring (bicyclic) bond motifs is 1. The number of hydrogen-bond donors (Lipinski definition) is 1. The Labute approximate surface area is 113 Å². The highest BCUT2D eigenvalue weighted by Gasteiger charge is 2.17. The minimum Gasteiger partial charge on any atom is -0.476 e. The number of aromatic carboxylic acids is 1. The molecule has 0 aliphatic heterocycles. The summed E-state index contributed by atoms with van der Waals surface area (Å²) in [6, 6.07) is 6.89. The van der Waals surface area contributed by atoms with Gasteiger partial charge in [-0.3, -0.25) is 4.68 Å². The first-order valence-electron chi connectivity index (χ1n) is 5.81. The van der Waals surface area contributed by atoms with Gasteiger partial charge in [0.25, 0.3) is 0 Å². The Hall–Kier alpha value is -2.83. The lowest BCUT2D eigenvalue weighted by Crippen LogP contribution is -1.99. The standard InChI is InChI=1S/C13H11N3O4/c1-16-9(6-8(15-16)12(17)18)7-4-3-5-10-11(7)14-13(19-2)20-10/h3-6H,1-2H3,(H,17,18). The highest BCUT2D eigenvalue weighted by atomic mass is 16.6. The second kappa shape index (κ2) is 4.37. The predicted molar refractivity (Wildman–Crippen MR) is 69.7 cm³/mol. The third-order valence-corrected chi connectivity index (χ3v) is 2.95. The molecule has 7 nitrogen and oxygen atoms in total. The van der Waals surface area contributed by atoms with Crippen LogP contribution in [0.1, 0.15) is 10.5 Å². The van der Waals surface area contributed by atoms with Crippen LogP contribution in [-0.2, 0) is 7.05 Å². The van der Waals surface area contributed by atoms with Crippen molar-refractivity contribution in [2.24, 2.45) is 7.05 Å². The highest BCUT2D eigenvalue weighted by molar-refractivity contribution is 5.92. The summed E-state index contributed by atoms with van der Waals surface area (Å²) >= 11 is 0. The Bertz CT molecular complexity index is 803. The minimum absolute atomic E-state index is 0.0186. The van der Waals surface area contributed by atoms with E-state index >= 15 is 0 Å². The molecule has 0 fully saturated rings. The molecule has 7 heteroatoms. The third-order valence-electron chi connectivity index (χ3n) is 2.95. The number of nitrogens with zero attached hydrogens (tertiary/aromatic N) is 3. The Morgan fingerprint density at radius 2 is 2.25 bits per heavy atom. The zero-order chi connectivity index (χ0) is 14.3. The smallest absolute Gasteiger partial charge is 0.394 e. The molecule has 0 radical (unpaired) electrons. The van der Waals surface area contributed by atoms with Gasteiger partial charge in [0.15, 0.2) is 11.3 Å². The molecule has 0 bridgehead atoms. The Balaban J connectivity index is 2.23. The Morgan fingerprint density at radius 1 is 1.45 bits per heavy atom. The van der Waals surface area contributed by atoms with Crippen molar-refractivity contribution in [3.05, 3.63) is 30.0 Å². The number of benzene rings is 1. The van der Waals surface area contributed by atoms with E-state index in [1.54, 1.807) is 19.2 Å². The fraction of sp³-hybridized carbons (Fsp3) is 0.154. The summed E-state index contributed by atoms with van der Waals surface area (Å²) in [5, 5.41) is 12.9. The zero-order valence-corrected chi connectivity index (χ0v) is 10.8. The minimum atomic E-state index is -1.07. The van der Waals surface area contributed by atoms with Gasteiger partial charge < -0.3 is 14.3 Å². The lowest BCUT2D eigenvalue weighted by Gasteiger charge is -2.01. The van der Waals surface area contributed by atoms with Crippen LogP contribution in [0.15, 0.2) is 28.7 Å². The maximum absolute atomic E-state index is 11.0. The van der Waals surface area contributed by atoms with Crippen LogP contribution in [0.2, 0.25) is 0 Å². The number of carboxylic acids is 1. The number of oxazole rings is 1. The van der Waals surface area contributed by atoms with Gasteiger partial charge in [-0.1, -0.05) is 12.1 Å². The van der Waals surface area contributed by atoms with Gasteiger partial charge in [-0.2, -0.15) is 10.1 Å². The molecule has 0 aliphatic rings. The zero-order valence-electron chi connectivity index (χ0n) is 10.8. The Morgan fingerprint density at radius 3 is 2.90 bits per heavy atom. The summed E-state index contributed by atoms with van der Waals surface area (Å²) in [5.41, 5.74) is 2.53. The van der Waals surface area contributed by atoms with E-state index in [1.165, 1.54) is 17.9 Å². The first-order chi connectivity index (χ1) is 9.60. The molecule has 3 aromatic rings. The summed E-state index contributed by atoms with van der Waals surface area (Å²) in [4.78, 5) is 15.2. The van der Waals surface area contributed by atoms with Crippen molar-refractivity contribution >= 4 is 17.1 Å². The third kappa shape index (κ3) is 1.80. The van der Waals surface area contributed by atoms with E-state index < -0.39 is 5.97 Å². The van der Waals surface area contributed by atoms with E-state index in [2.05, 4.69) is 10.1 Å². The monoisotopic (exact) mass is 273 g/mol. The predicted octanol–water partition coefficient (Wildman–Crippen LogP) is 1.94. The van der Waals surface area contributed by atoms with Gasteiger partial charge in [-0.05, 0) is 12.1 Å². The topological polar surface area (TPSA) is 90.4 Å². The number of para-hydroxylation sites is 1. The molecule has 0 saturated carbocycles.